The Hall–Kier alpha value is -2.62. The van der Waals surface area contributed by atoms with E-state index in [4.69, 9.17) is 0 Å². The Labute approximate surface area is 123 Å². The molecule has 0 saturated heterocycles. The molecule has 2 amide bonds. The lowest BCUT2D eigenvalue weighted by atomic mass is 10.1. The lowest BCUT2D eigenvalue weighted by molar-refractivity contribution is 0.255. The topological polar surface area (TPSA) is 41.1 Å². The van der Waals surface area contributed by atoms with E-state index in [1.54, 1.807) is 18.2 Å². The van der Waals surface area contributed by atoms with Crippen molar-refractivity contribution < 1.29 is 9.18 Å². The summed E-state index contributed by atoms with van der Waals surface area (Å²) in [6, 6.07) is 11.8. The van der Waals surface area contributed by atoms with Crippen molar-refractivity contribution in [3.63, 3.8) is 0 Å². The maximum atomic E-state index is 13.4. The maximum Gasteiger partial charge on any atom is 0.323 e. The predicted molar refractivity (Wildman–Crippen MR) is 83.5 cm³/mol. The summed E-state index contributed by atoms with van der Waals surface area (Å²) >= 11 is 0. The zero-order valence-corrected chi connectivity index (χ0v) is 12.0. The second-order valence-electron chi connectivity index (χ2n) is 4.72. The van der Waals surface area contributed by atoms with Crippen LogP contribution in [0.1, 0.15) is 16.7 Å². The summed E-state index contributed by atoms with van der Waals surface area (Å²) < 4.78 is 13.4. The standard InChI is InChI=1S/C17H17FN2O/c1-12-6-5-7-13(2)16(12)20-17(21)19-11-10-14-8-3-4-9-15(14)18/h3-11H,1-2H3,(H2,19,20,21)/b11-10+. The predicted octanol–water partition coefficient (Wildman–Crippen LogP) is 4.23. The van der Waals surface area contributed by atoms with E-state index >= 15 is 0 Å². The first-order valence-electron chi connectivity index (χ1n) is 6.63. The molecule has 0 spiro atoms. The largest absolute Gasteiger partial charge is 0.323 e. The lowest BCUT2D eigenvalue weighted by Gasteiger charge is -2.10. The summed E-state index contributed by atoms with van der Waals surface area (Å²) in [7, 11) is 0. The number of amides is 2. The van der Waals surface area contributed by atoms with Crippen molar-refractivity contribution in [1.29, 1.82) is 0 Å². The normalized spacial score (nSPS) is 10.6. The van der Waals surface area contributed by atoms with Gasteiger partial charge in [0.05, 0.1) is 0 Å². The van der Waals surface area contributed by atoms with Gasteiger partial charge in [-0.15, -0.1) is 0 Å². The van der Waals surface area contributed by atoms with Crippen LogP contribution in [0.3, 0.4) is 0 Å². The molecule has 0 fully saturated rings. The molecule has 0 aliphatic carbocycles. The summed E-state index contributed by atoms with van der Waals surface area (Å²) in [5, 5.41) is 5.35. The van der Waals surface area contributed by atoms with Crippen molar-refractivity contribution in [2.24, 2.45) is 0 Å². The van der Waals surface area contributed by atoms with Crippen LogP contribution >= 0.6 is 0 Å². The Morgan fingerprint density at radius 1 is 1.05 bits per heavy atom. The van der Waals surface area contributed by atoms with Gasteiger partial charge in [-0.1, -0.05) is 36.4 Å². The van der Waals surface area contributed by atoms with E-state index < -0.39 is 0 Å². The van der Waals surface area contributed by atoms with Crippen LogP contribution in [0.15, 0.2) is 48.7 Å². The summed E-state index contributed by atoms with van der Waals surface area (Å²) in [6.07, 6.45) is 2.93. The number of halogens is 1. The second kappa shape index (κ2) is 6.70. The molecule has 0 bridgehead atoms. The van der Waals surface area contributed by atoms with E-state index in [0.717, 1.165) is 16.8 Å². The van der Waals surface area contributed by atoms with Gasteiger partial charge in [-0.05, 0) is 37.1 Å². The molecule has 2 N–H and O–H groups in total. The van der Waals surface area contributed by atoms with Crippen LogP contribution in [0.25, 0.3) is 6.08 Å². The van der Waals surface area contributed by atoms with Crippen molar-refractivity contribution >= 4 is 17.8 Å². The van der Waals surface area contributed by atoms with Crippen molar-refractivity contribution in [1.82, 2.24) is 5.32 Å². The molecule has 0 aliphatic heterocycles. The van der Waals surface area contributed by atoms with Gasteiger partial charge in [0.25, 0.3) is 0 Å². The zero-order chi connectivity index (χ0) is 15.2. The highest BCUT2D eigenvalue weighted by Crippen LogP contribution is 2.19. The van der Waals surface area contributed by atoms with Crippen LogP contribution in [-0.2, 0) is 0 Å². The zero-order valence-electron chi connectivity index (χ0n) is 12.0. The molecule has 21 heavy (non-hydrogen) atoms. The average molecular weight is 284 g/mol. The van der Waals surface area contributed by atoms with Crippen LogP contribution in [0, 0.1) is 19.7 Å². The molecule has 2 aromatic carbocycles. The van der Waals surface area contributed by atoms with Gasteiger partial charge in [-0.25, -0.2) is 9.18 Å². The number of rotatable bonds is 3. The van der Waals surface area contributed by atoms with Gasteiger partial charge >= 0.3 is 6.03 Å². The lowest BCUT2D eigenvalue weighted by Crippen LogP contribution is -2.24. The summed E-state index contributed by atoms with van der Waals surface area (Å²) in [4.78, 5) is 11.8. The number of para-hydroxylation sites is 1. The SMILES string of the molecule is Cc1cccc(C)c1NC(=O)N/C=C/c1ccccc1F. The third-order valence-electron chi connectivity index (χ3n) is 3.10. The highest BCUT2D eigenvalue weighted by Gasteiger charge is 2.05. The molecular formula is C17H17FN2O. The van der Waals surface area contributed by atoms with Gasteiger partial charge in [0.1, 0.15) is 5.82 Å². The number of anilines is 1. The molecule has 0 saturated carbocycles. The molecule has 0 radical (unpaired) electrons. The summed E-state index contributed by atoms with van der Waals surface area (Å²) in [5.41, 5.74) is 3.19. The third-order valence-corrected chi connectivity index (χ3v) is 3.10. The molecule has 2 rings (SSSR count). The number of hydrogen-bond acceptors (Lipinski definition) is 1. The molecule has 0 aliphatic rings. The van der Waals surface area contributed by atoms with Gasteiger partial charge in [0.2, 0.25) is 0 Å². The van der Waals surface area contributed by atoms with Crippen molar-refractivity contribution in [3.05, 3.63) is 71.2 Å². The third kappa shape index (κ3) is 3.92. The van der Waals surface area contributed by atoms with Gasteiger partial charge in [0, 0.05) is 17.5 Å². The maximum absolute atomic E-state index is 13.4. The molecule has 0 heterocycles. The number of urea groups is 1. The number of benzene rings is 2. The Morgan fingerprint density at radius 3 is 2.38 bits per heavy atom. The number of nitrogens with one attached hydrogen (secondary N) is 2. The van der Waals surface area contributed by atoms with E-state index in [2.05, 4.69) is 10.6 Å². The Kier molecular flexibility index (Phi) is 4.72. The van der Waals surface area contributed by atoms with Crippen molar-refractivity contribution in [3.8, 4) is 0 Å². The van der Waals surface area contributed by atoms with Crippen LogP contribution in [0.2, 0.25) is 0 Å². The number of aryl methyl sites for hydroxylation is 2. The second-order valence-corrected chi connectivity index (χ2v) is 4.72. The first-order chi connectivity index (χ1) is 10.1. The molecule has 0 unspecified atom stereocenters. The van der Waals surface area contributed by atoms with Gasteiger partial charge in [-0.3, -0.25) is 0 Å². The molecule has 108 valence electrons. The minimum absolute atomic E-state index is 0.328. The first kappa shape index (κ1) is 14.8. The number of carbonyl (C=O) groups excluding carboxylic acids is 1. The average Bonchev–Trinajstić information content (AvgIpc) is 2.45. The fraction of sp³-hybridized carbons (Fsp3) is 0.118. The molecule has 3 nitrogen and oxygen atoms in total. The summed E-state index contributed by atoms with van der Waals surface area (Å²) in [5.74, 6) is -0.328. The minimum atomic E-state index is -0.361. The number of carbonyl (C=O) groups is 1. The molecule has 4 heteroatoms. The van der Waals surface area contributed by atoms with E-state index in [-0.39, 0.29) is 11.8 Å². The Morgan fingerprint density at radius 2 is 1.71 bits per heavy atom. The Balaban J connectivity index is 1.98. The quantitative estimate of drug-likeness (QED) is 0.870. The van der Waals surface area contributed by atoms with E-state index in [1.807, 2.05) is 32.0 Å². The first-order valence-corrected chi connectivity index (χ1v) is 6.63. The Bertz CT molecular complexity index is 660. The van der Waals surface area contributed by atoms with Crippen molar-refractivity contribution in [2.45, 2.75) is 13.8 Å². The van der Waals surface area contributed by atoms with E-state index in [1.165, 1.54) is 18.3 Å². The van der Waals surface area contributed by atoms with E-state index in [0.29, 0.717) is 5.56 Å². The molecule has 0 atom stereocenters. The fourth-order valence-electron chi connectivity index (χ4n) is 1.98. The fourth-order valence-corrected chi connectivity index (χ4v) is 1.98. The highest BCUT2D eigenvalue weighted by atomic mass is 19.1. The summed E-state index contributed by atoms with van der Waals surface area (Å²) in [6.45, 7) is 3.86. The van der Waals surface area contributed by atoms with Crippen LogP contribution in [-0.4, -0.2) is 6.03 Å². The van der Waals surface area contributed by atoms with Crippen LogP contribution in [0.5, 0.6) is 0 Å². The van der Waals surface area contributed by atoms with Gasteiger partial charge in [-0.2, -0.15) is 0 Å². The monoisotopic (exact) mass is 284 g/mol. The minimum Gasteiger partial charge on any atom is -0.314 e. The molecule has 2 aromatic rings. The molecule has 0 aromatic heterocycles. The molecular weight excluding hydrogens is 267 g/mol. The number of hydrogen-bond donors (Lipinski definition) is 2. The van der Waals surface area contributed by atoms with E-state index in [9.17, 15) is 9.18 Å². The van der Waals surface area contributed by atoms with Crippen LogP contribution in [0.4, 0.5) is 14.9 Å². The van der Waals surface area contributed by atoms with Crippen LogP contribution < -0.4 is 10.6 Å². The van der Waals surface area contributed by atoms with Gasteiger partial charge < -0.3 is 10.6 Å². The van der Waals surface area contributed by atoms with Gasteiger partial charge in [0.15, 0.2) is 0 Å². The highest BCUT2D eigenvalue weighted by molar-refractivity contribution is 5.91. The van der Waals surface area contributed by atoms with Crippen molar-refractivity contribution in [2.75, 3.05) is 5.32 Å². The smallest absolute Gasteiger partial charge is 0.314 e.